The zero-order valence-corrected chi connectivity index (χ0v) is 13.5. The van der Waals surface area contributed by atoms with Gasteiger partial charge in [0, 0.05) is 20.1 Å². The standard InChI is InChI=1S/C14H18N4O3S/c1-9(19)14-7-11(16-22(20,21)18(14)3)10-4-5-13-12(6-10)15-8-17(13)2/h4-6,8,11,14,16H,7H2,1-3H3/t11-,14+/m1/s1. The lowest BCUT2D eigenvalue weighted by Crippen LogP contribution is -2.54. The van der Waals surface area contributed by atoms with Gasteiger partial charge in [-0.15, -0.1) is 0 Å². The summed E-state index contributed by atoms with van der Waals surface area (Å²) in [7, 11) is -0.339. The van der Waals surface area contributed by atoms with Gasteiger partial charge in [0.15, 0.2) is 0 Å². The highest BCUT2D eigenvalue weighted by Gasteiger charge is 2.39. The van der Waals surface area contributed by atoms with E-state index in [0.717, 1.165) is 20.9 Å². The molecule has 0 spiro atoms. The number of nitrogens with one attached hydrogen (secondary N) is 1. The third-order valence-electron chi connectivity index (χ3n) is 4.19. The minimum absolute atomic E-state index is 0.156. The summed E-state index contributed by atoms with van der Waals surface area (Å²) in [6.07, 6.45) is 2.12. The van der Waals surface area contributed by atoms with Crippen LogP contribution < -0.4 is 4.72 Å². The molecule has 0 radical (unpaired) electrons. The Morgan fingerprint density at radius 1 is 1.36 bits per heavy atom. The van der Waals surface area contributed by atoms with E-state index in [0.29, 0.717) is 6.42 Å². The second kappa shape index (κ2) is 5.15. The van der Waals surface area contributed by atoms with Crippen LogP contribution in [0.4, 0.5) is 0 Å². The van der Waals surface area contributed by atoms with Crippen LogP contribution >= 0.6 is 0 Å². The van der Waals surface area contributed by atoms with Crippen molar-refractivity contribution in [3.63, 3.8) is 0 Å². The first kappa shape index (κ1) is 15.1. The molecule has 1 fully saturated rings. The minimum Gasteiger partial charge on any atom is -0.334 e. The van der Waals surface area contributed by atoms with Crippen molar-refractivity contribution < 1.29 is 13.2 Å². The Kier molecular flexibility index (Phi) is 3.54. The largest absolute Gasteiger partial charge is 0.334 e. The van der Waals surface area contributed by atoms with E-state index in [4.69, 9.17) is 0 Å². The molecule has 1 aromatic heterocycles. The van der Waals surface area contributed by atoms with Crippen molar-refractivity contribution in [2.45, 2.75) is 25.4 Å². The molecule has 1 N–H and O–H groups in total. The van der Waals surface area contributed by atoms with Crippen LogP contribution in [0.25, 0.3) is 11.0 Å². The van der Waals surface area contributed by atoms with E-state index in [1.165, 1.54) is 14.0 Å². The molecule has 0 unspecified atom stereocenters. The van der Waals surface area contributed by atoms with Crippen molar-refractivity contribution in [3.05, 3.63) is 30.1 Å². The number of nitrogens with zero attached hydrogens (tertiary/aromatic N) is 3. The Hall–Kier alpha value is -1.77. The number of Topliss-reactive ketones (excluding diaryl/α,β-unsaturated/α-hetero) is 1. The lowest BCUT2D eigenvalue weighted by Gasteiger charge is -2.35. The van der Waals surface area contributed by atoms with Crippen LogP contribution in [0, 0.1) is 0 Å². The monoisotopic (exact) mass is 322 g/mol. The Morgan fingerprint density at radius 3 is 2.77 bits per heavy atom. The fourth-order valence-electron chi connectivity index (χ4n) is 2.85. The Bertz CT molecular complexity index is 843. The van der Waals surface area contributed by atoms with Gasteiger partial charge in [0.05, 0.1) is 23.4 Å². The second-order valence-corrected chi connectivity index (χ2v) is 7.42. The molecule has 1 aliphatic rings. The van der Waals surface area contributed by atoms with Crippen LogP contribution in [0.3, 0.4) is 0 Å². The van der Waals surface area contributed by atoms with Crippen LogP contribution in [0.1, 0.15) is 24.9 Å². The van der Waals surface area contributed by atoms with E-state index in [1.807, 2.05) is 29.8 Å². The van der Waals surface area contributed by atoms with Crippen LogP contribution in [-0.4, -0.2) is 41.1 Å². The highest BCUT2D eigenvalue weighted by atomic mass is 32.2. The summed E-state index contributed by atoms with van der Waals surface area (Å²) in [5, 5.41) is 0. The number of hydrogen-bond acceptors (Lipinski definition) is 4. The molecule has 2 atom stereocenters. The summed E-state index contributed by atoms with van der Waals surface area (Å²) >= 11 is 0. The van der Waals surface area contributed by atoms with Gasteiger partial charge in [-0.25, -0.2) is 4.98 Å². The number of benzene rings is 1. The molecule has 0 bridgehead atoms. The number of rotatable bonds is 2. The first-order valence-corrected chi connectivity index (χ1v) is 8.40. The summed E-state index contributed by atoms with van der Waals surface area (Å²) in [5.74, 6) is -0.156. The zero-order chi connectivity index (χ0) is 16.1. The Labute approximate surface area is 129 Å². The molecule has 2 aromatic rings. The normalized spacial score (nSPS) is 25.4. The lowest BCUT2D eigenvalue weighted by atomic mass is 9.97. The van der Waals surface area contributed by atoms with Crippen molar-refractivity contribution in [2.24, 2.45) is 7.05 Å². The number of ketones is 1. The van der Waals surface area contributed by atoms with Crippen LogP contribution in [0.5, 0.6) is 0 Å². The summed E-state index contributed by atoms with van der Waals surface area (Å²) < 4.78 is 30.0. The molecule has 1 saturated heterocycles. The molecule has 1 aliphatic heterocycles. The van der Waals surface area contributed by atoms with Gasteiger partial charge >= 0.3 is 0 Å². The molecular formula is C14H18N4O3S. The van der Waals surface area contributed by atoms with E-state index < -0.39 is 22.3 Å². The van der Waals surface area contributed by atoms with Gasteiger partial charge in [-0.2, -0.15) is 17.4 Å². The highest BCUT2D eigenvalue weighted by molar-refractivity contribution is 7.87. The van der Waals surface area contributed by atoms with E-state index in [2.05, 4.69) is 9.71 Å². The van der Waals surface area contributed by atoms with Crippen LogP contribution in [0.2, 0.25) is 0 Å². The van der Waals surface area contributed by atoms with Crippen molar-refractivity contribution in [1.29, 1.82) is 0 Å². The van der Waals surface area contributed by atoms with Gasteiger partial charge in [-0.05, 0) is 31.0 Å². The fourth-order valence-corrected chi connectivity index (χ4v) is 4.17. The van der Waals surface area contributed by atoms with Gasteiger partial charge in [-0.3, -0.25) is 4.79 Å². The maximum Gasteiger partial charge on any atom is 0.280 e. The minimum atomic E-state index is -3.66. The average Bonchev–Trinajstić information content (AvgIpc) is 2.82. The molecule has 2 heterocycles. The molecule has 1 aromatic carbocycles. The first-order chi connectivity index (χ1) is 10.3. The molecule has 0 saturated carbocycles. The number of carbonyl (C=O) groups excluding carboxylic acids is 1. The number of likely N-dealkylation sites (N-methyl/N-ethyl adjacent to an activating group) is 1. The molecular weight excluding hydrogens is 304 g/mol. The predicted octanol–water partition coefficient (Wildman–Crippen LogP) is 0.742. The van der Waals surface area contributed by atoms with Crippen molar-refractivity contribution in [2.75, 3.05) is 7.05 Å². The number of aromatic nitrogens is 2. The molecule has 0 amide bonds. The molecule has 3 rings (SSSR count). The van der Waals surface area contributed by atoms with E-state index in [1.54, 1.807) is 6.33 Å². The van der Waals surface area contributed by atoms with Crippen molar-refractivity contribution in [1.82, 2.24) is 18.6 Å². The third kappa shape index (κ3) is 2.43. The fraction of sp³-hybridized carbons (Fsp3) is 0.429. The number of hydrogen-bond donors (Lipinski definition) is 1. The number of aryl methyl sites for hydroxylation is 1. The number of carbonyl (C=O) groups is 1. The van der Waals surface area contributed by atoms with Crippen molar-refractivity contribution in [3.8, 4) is 0 Å². The zero-order valence-electron chi connectivity index (χ0n) is 12.6. The Morgan fingerprint density at radius 2 is 2.09 bits per heavy atom. The maximum atomic E-state index is 12.2. The summed E-state index contributed by atoms with van der Waals surface area (Å²) in [6.45, 7) is 1.42. The molecule has 118 valence electrons. The topological polar surface area (TPSA) is 84.3 Å². The van der Waals surface area contributed by atoms with Gasteiger partial charge in [0.1, 0.15) is 5.78 Å². The quantitative estimate of drug-likeness (QED) is 0.884. The number of imidazole rings is 1. The third-order valence-corrected chi connectivity index (χ3v) is 5.78. The van der Waals surface area contributed by atoms with Gasteiger partial charge in [0.25, 0.3) is 10.2 Å². The van der Waals surface area contributed by atoms with Gasteiger partial charge in [0.2, 0.25) is 0 Å². The summed E-state index contributed by atoms with van der Waals surface area (Å²) in [5.41, 5.74) is 2.59. The molecule has 8 heteroatoms. The number of fused-ring (bicyclic) bond motifs is 1. The highest BCUT2D eigenvalue weighted by Crippen LogP contribution is 2.29. The molecule has 22 heavy (non-hydrogen) atoms. The first-order valence-electron chi connectivity index (χ1n) is 6.96. The van der Waals surface area contributed by atoms with Crippen LogP contribution in [0.15, 0.2) is 24.5 Å². The maximum absolute atomic E-state index is 12.2. The second-order valence-electron chi connectivity index (χ2n) is 5.66. The van der Waals surface area contributed by atoms with E-state index >= 15 is 0 Å². The molecule has 0 aliphatic carbocycles. The summed E-state index contributed by atoms with van der Waals surface area (Å²) in [4.78, 5) is 16.0. The SMILES string of the molecule is CC(=O)[C@@H]1C[C@H](c2ccc3c(c2)ncn3C)NS(=O)(=O)N1C. The molecule has 7 nitrogen and oxygen atoms in total. The van der Waals surface area contributed by atoms with Gasteiger partial charge < -0.3 is 4.57 Å². The predicted molar refractivity (Wildman–Crippen MR) is 82.4 cm³/mol. The average molecular weight is 322 g/mol. The van der Waals surface area contributed by atoms with Crippen molar-refractivity contribution >= 4 is 27.0 Å². The van der Waals surface area contributed by atoms with E-state index in [-0.39, 0.29) is 5.78 Å². The lowest BCUT2D eigenvalue weighted by molar-refractivity contribution is -0.121. The van der Waals surface area contributed by atoms with Gasteiger partial charge in [-0.1, -0.05) is 6.07 Å². The van der Waals surface area contributed by atoms with Crippen LogP contribution in [-0.2, 0) is 22.1 Å². The van der Waals surface area contributed by atoms with E-state index in [9.17, 15) is 13.2 Å². The smallest absolute Gasteiger partial charge is 0.280 e. The Balaban J connectivity index is 2.00. The summed E-state index contributed by atoms with van der Waals surface area (Å²) in [6, 6.07) is 4.58.